The van der Waals surface area contributed by atoms with Crippen LogP contribution in [0, 0.1) is 5.92 Å². The summed E-state index contributed by atoms with van der Waals surface area (Å²) in [4.78, 5) is 38.7. The number of anilines is 1. The highest BCUT2D eigenvalue weighted by molar-refractivity contribution is 8.18. The first kappa shape index (κ1) is 21.8. The van der Waals surface area contributed by atoms with Crippen molar-refractivity contribution in [2.24, 2.45) is 10.9 Å². The molecule has 10 heteroatoms. The fraction of sp³-hybridized carbons (Fsp3) is 0.160. The van der Waals surface area contributed by atoms with Crippen LogP contribution in [0.5, 0.6) is 0 Å². The van der Waals surface area contributed by atoms with Gasteiger partial charge < -0.3 is 10.6 Å². The zero-order valence-electron chi connectivity index (χ0n) is 18.4. The Labute approximate surface area is 209 Å². The van der Waals surface area contributed by atoms with Crippen molar-refractivity contribution >= 4 is 74.5 Å². The first-order valence-corrected chi connectivity index (χ1v) is 12.3. The van der Waals surface area contributed by atoms with Crippen LogP contribution in [0.25, 0.3) is 22.8 Å². The molecule has 1 aliphatic carbocycles. The number of nitrogens with one attached hydrogen (secondary N) is 2. The van der Waals surface area contributed by atoms with Gasteiger partial charge in [-0.15, -0.1) is 0 Å². The van der Waals surface area contributed by atoms with E-state index in [1.807, 2.05) is 34.9 Å². The molecule has 1 saturated heterocycles. The normalized spacial score (nSPS) is 18.4. The van der Waals surface area contributed by atoms with E-state index < -0.39 is 0 Å². The smallest absolute Gasteiger partial charge is 0.264 e. The fourth-order valence-corrected chi connectivity index (χ4v) is 5.00. The fourth-order valence-electron chi connectivity index (χ4n) is 4.01. The van der Waals surface area contributed by atoms with Gasteiger partial charge in [0.1, 0.15) is 0 Å². The highest BCUT2D eigenvalue weighted by Crippen LogP contribution is 2.34. The summed E-state index contributed by atoms with van der Waals surface area (Å²) in [5.41, 5.74) is 4.46. The van der Waals surface area contributed by atoms with Crippen LogP contribution in [-0.2, 0) is 9.59 Å². The lowest BCUT2D eigenvalue weighted by Gasteiger charge is -2.24. The maximum Gasteiger partial charge on any atom is 0.264 e. The van der Waals surface area contributed by atoms with Crippen molar-refractivity contribution in [2.75, 3.05) is 5.32 Å². The molecule has 8 nitrogen and oxygen atoms in total. The minimum absolute atomic E-state index is 0.0180. The number of carbonyl (C=O) groups is 2. The summed E-state index contributed by atoms with van der Waals surface area (Å²) in [5, 5.41) is 6.57. The molecule has 2 aromatic carbocycles. The van der Waals surface area contributed by atoms with E-state index in [0.29, 0.717) is 26.5 Å². The number of benzene rings is 2. The van der Waals surface area contributed by atoms with Crippen LogP contribution in [0.1, 0.15) is 24.8 Å². The average molecular weight is 503 g/mol. The van der Waals surface area contributed by atoms with Crippen molar-refractivity contribution in [3.63, 3.8) is 0 Å². The van der Waals surface area contributed by atoms with E-state index in [-0.39, 0.29) is 17.7 Å². The Kier molecular flexibility index (Phi) is 5.50. The molecule has 1 aliphatic heterocycles. The second-order valence-corrected chi connectivity index (χ2v) is 9.86. The number of rotatable bonds is 4. The van der Waals surface area contributed by atoms with Crippen molar-refractivity contribution in [1.82, 2.24) is 19.7 Å². The van der Waals surface area contributed by atoms with Crippen LogP contribution < -0.4 is 10.6 Å². The van der Waals surface area contributed by atoms with E-state index in [1.165, 1.54) is 11.8 Å². The van der Waals surface area contributed by atoms with Crippen LogP contribution in [0.4, 0.5) is 11.4 Å². The van der Waals surface area contributed by atoms with Crippen LogP contribution in [-0.4, -0.2) is 31.4 Å². The van der Waals surface area contributed by atoms with Gasteiger partial charge in [0, 0.05) is 24.0 Å². The first-order valence-electron chi connectivity index (χ1n) is 11.2. The molecule has 2 N–H and O–H groups in total. The number of nitrogens with zero attached hydrogens (tertiary/aromatic N) is 4. The standard InChI is InChI=1S/C25H19ClN6O2S/c26-17-6-5-16(29-23(33)15-2-1-3-15)12-19(17)30-25-31-24(34)21(35-25)11-14-4-7-18-20(10-14)32-9-8-27-22(32)13-28-18/h4-13,15H,1-3H2,(H,29,33)(H,30,31,34). The lowest BCUT2D eigenvalue weighted by atomic mass is 9.85. The number of carbonyl (C=O) groups excluding carboxylic acids is 2. The Morgan fingerprint density at radius 3 is 2.94 bits per heavy atom. The Balaban J connectivity index is 1.25. The molecule has 2 aliphatic rings. The van der Waals surface area contributed by atoms with E-state index in [9.17, 15) is 9.59 Å². The van der Waals surface area contributed by atoms with Gasteiger partial charge in [-0.3, -0.25) is 19.0 Å². The lowest BCUT2D eigenvalue weighted by Crippen LogP contribution is -2.27. The van der Waals surface area contributed by atoms with Gasteiger partial charge in [-0.05, 0) is 66.6 Å². The maximum atomic E-state index is 12.6. The Bertz CT molecular complexity index is 1570. The summed E-state index contributed by atoms with van der Waals surface area (Å²) in [6.07, 6.45) is 10.1. The van der Waals surface area contributed by atoms with Gasteiger partial charge >= 0.3 is 0 Å². The second kappa shape index (κ2) is 8.83. The lowest BCUT2D eigenvalue weighted by molar-refractivity contribution is -0.122. The van der Waals surface area contributed by atoms with Gasteiger partial charge in [0.2, 0.25) is 5.91 Å². The largest absolute Gasteiger partial charge is 0.326 e. The summed E-state index contributed by atoms with van der Waals surface area (Å²) in [5.74, 6) is -0.142. The van der Waals surface area contributed by atoms with Crippen LogP contribution in [0.3, 0.4) is 0 Å². The molecule has 6 rings (SSSR count). The van der Waals surface area contributed by atoms with Gasteiger partial charge in [-0.1, -0.05) is 24.1 Å². The number of thioether (sulfide) groups is 1. The summed E-state index contributed by atoms with van der Waals surface area (Å²) < 4.78 is 1.96. The van der Waals surface area contributed by atoms with Gasteiger partial charge in [0.15, 0.2) is 10.8 Å². The molecule has 2 fully saturated rings. The van der Waals surface area contributed by atoms with Crippen molar-refractivity contribution < 1.29 is 9.59 Å². The number of hydrogen-bond donors (Lipinski definition) is 2. The minimum Gasteiger partial charge on any atom is -0.326 e. The van der Waals surface area contributed by atoms with Crippen molar-refractivity contribution in [2.45, 2.75) is 19.3 Å². The van der Waals surface area contributed by atoms with Gasteiger partial charge in [-0.2, -0.15) is 0 Å². The SMILES string of the molecule is O=C1NC(=Nc2cc(NC(=O)C3CCC3)ccc2Cl)SC1=Cc1ccc2ncc3nccn3c2c1. The molecule has 0 bridgehead atoms. The highest BCUT2D eigenvalue weighted by Gasteiger charge is 2.26. The Morgan fingerprint density at radius 2 is 2.11 bits per heavy atom. The van der Waals surface area contributed by atoms with Gasteiger partial charge in [0.05, 0.1) is 32.8 Å². The zero-order chi connectivity index (χ0) is 23.9. The average Bonchev–Trinajstić information content (AvgIpc) is 3.41. The van der Waals surface area contributed by atoms with Crippen LogP contribution in [0.15, 0.2) is 64.9 Å². The number of aromatic nitrogens is 3. The molecule has 2 amide bonds. The third-order valence-electron chi connectivity index (χ3n) is 6.11. The van der Waals surface area contributed by atoms with Crippen molar-refractivity contribution in [3.05, 3.63) is 70.5 Å². The first-order chi connectivity index (χ1) is 17.0. The molecule has 2 aromatic heterocycles. The van der Waals surface area contributed by atoms with Crippen LogP contribution >= 0.6 is 23.4 Å². The third-order valence-corrected chi connectivity index (χ3v) is 7.34. The molecule has 35 heavy (non-hydrogen) atoms. The molecule has 1 saturated carbocycles. The quantitative estimate of drug-likeness (QED) is 0.375. The predicted octanol–water partition coefficient (Wildman–Crippen LogP) is 5.17. The molecule has 0 unspecified atom stereocenters. The predicted molar refractivity (Wildman–Crippen MR) is 139 cm³/mol. The Morgan fingerprint density at radius 1 is 1.23 bits per heavy atom. The van der Waals surface area contributed by atoms with E-state index in [1.54, 1.807) is 30.6 Å². The molecule has 4 aromatic rings. The minimum atomic E-state index is -0.238. The van der Waals surface area contributed by atoms with Gasteiger partial charge in [-0.25, -0.2) is 9.98 Å². The van der Waals surface area contributed by atoms with E-state index in [0.717, 1.165) is 41.5 Å². The molecule has 0 radical (unpaired) electrons. The molecule has 174 valence electrons. The number of halogens is 1. The second-order valence-electron chi connectivity index (χ2n) is 8.43. The summed E-state index contributed by atoms with van der Waals surface area (Å²) in [7, 11) is 0. The number of aliphatic imine (C=N–C) groups is 1. The topological polar surface area (TPSA) is 101 Å². The number of fused-ring (bicyclic) bond motifs is 3. The molecule has 0 spiro atoms. The summed E-state index contributed by atoms with van der Waals surface area (Å²) in [6.45, 7) is 0. The molecule has 3 heterocycles. The van der Waals surface area contributed by atoms with E-state index in [4.69, 9.17) is 11.6 Å². The van der Waals surface area contributed by atoms with Gasteiger partial charge in [0.25, 0.3) is 5.91 Å². The summed E-state index contributed by atoms with van der Waals surface area (Å²) in [6, 6.07) is 11.0. The van der Waals surface area contributed by atoms with Crippen LogP contribution in [0.2, 0.25) is 5.02 Å². The monoisotopic (exact) mass is 502 g/mol. The number of amides is 2. The maximum absolute atomic E-state index is 12.6. The van der Waals surface area contributed by atoms with E-state index in [2.05, 4.69) is 25.6 Å². The highest BCUT2D eigenvalue weighted by atomic mass is 35.5. The number of imidazole rings is 1. The van der Waals surface area contributed by atoms with E-state index >= 15 is 0 Å². The molecule has 0 atom stereocenters. The van der Waals surface area contributed by atoms with Crippen molar-refractivity contribution in [1.29, 1.82) is 0 Å². The Hall–Kier alpha value is -3.69. The molecular formula is C25H19ClN6O2S. The summed E-state index contributed by atoms with van der Waals surface area (Å²) >= 11 is 7.57. The third kappa shape index (κ3) is 4.28. The van der Waals surface area contributed by atoms with Crippen molar-refractivity contribution in [3.8, 4) is 0 Å². The number of hydrogen-bond acceptors (Lipinski definition) is 6. The molecular weight excluding hydrogens is 484 g/mol. The zero-order valence-corrected chi connectivity index (χ0v) is 19.9. The number of amidine groups is 1.